The van der Waals surface area contributed by atoms with Crippen molar-refractivity contribution in [1.82, 2.24) is 9.38 Å². The number of para-hydroxylation sites is 1. The largest absolute Gasteiger partial charge is 0.493 e. The molecule has 0 bridgehead atoms. The van der Waals surface area contributed by atoms with Gasteiger partial charge in [0.05, 0.1) is 26.5 Å². The Bertz CT molecular complexity index is 1090. The fourth-order valence-corrected chi connectivity index (χ4v) is 4.17. The van der Waals surface area contributed by atoms with E-state index in [-0.39, 0.29) is 5.91 Å². The van der Waals surface area contributed by atoms with Gasteiger partial charge < -0.3 is 9.47 Å². The van der Waals surface area contributed by atoms with Crippen LogP contribution in [0.3, 0.4) is 0 Å². The normalized spacial score (nSPS) is 15.9. The van der Waals surface area contributed by atoms with Crippen LogP contribution in [0.4, 0.5) is 5.82 Å². The Hall–Kier alpha value is -3.28. The Kier molecular flexibility index (Phi) is 5.74. The van der Waals surface area contributed by atoms with Crippen molar-refractivity contribution in [2.45, 2.75) is 38.6 Å². The summed E-state index contributed by atoms with van der Waals surface area (Å²) in [5.74, 6) is 2.37. The number of hydrogen-bond donors (Lipinski definition) is 0. The zero-order valence-corrected chi connectivity index (χ0v) is 17.7. The molecule has 3 aromatic rings. The van der Waals surface area contributed by atoms with Gasteiger partial charge >= 0.3 is 0 Å². The van der Waals surface area contributed by atoms with Gasteiger partial charge in [0.2, 0.25) is 5.91 Å². The lowest BCUT2D eigenvalue weighted by Gasteiger charge is -2.26. The molecule has 1 aliphatic carbocycles. The van der Waals surface area contributed by atoms with Crippen molar-refractivity contribution in [1.29, 1.82) is 0 Å². The molecule has 1 aromatic carbocycles. The number of amides is 1. The minimum absolute atomic E-state index is 0.0434. The quantitative estimate of drug-likeness (QED) is 0.557. The van der Waals surface area contributed by atoms with Gasteiger partial charge in [-0.25, -0.2) is 4.98 Å². The summed E-state index contributed by atoms with van der Waals surface area (Å²) in [5.41, 5.74) is 2.70. The molecule has 1 unspecified atom stereocenters. The summed E-state index contributed by atoms with van der Waals surface area (Å²) in [5, 5.41) is 0. The molecule has 2 aromatic heterocycles. The van der Waals surface area contributed by atoms with E-state index in [0.717, 1.165) is 42.0 Å². The Morgan fingerprint density at radius 3 is 2.73 bits per heavy atom. The highest BCUT2D eigenvalue weighted by atomic mass is 16.5. The number of benzene rings is 1. The molecule has 4 rings (SSSR count). The Morgan fingerprint density at radius 2 is 2.03 bits per heavy atom. The second kappa shape index (κ2) is 8.61. The Morgan fingerprint density at radius 1 is 1.17 bits per heavy atom. The summed E-state index contributed by atoms with van der Waals surface area (Å²) in [6.07, 6.45) is 9.40. The van der Waals surface area contributed by atoms with Crippen LogP contribution in [0.25, 0.3) is 5.65 Å². The molecule has 1 aliphatic rings. The zero-order valence-electron chi connectivity index (χ0n) is 17.7. The number of carbonyl (C=O) groups is 1. The first kappa shape index (κ1) is 20.0. The van der Waals surface area contributed by atoms with Gasteiger partial charge in [-0.05, 0) is 37.5 Å². The number of ether oxygens (including phenoxy) is 2. The Balaban J connectivity index is 1.84. The first-order valence-electron chi connectivity index (χ1n) is 10.2. The number of allylic oxidation sites excluding steroid dienone is 2. The van der Waals surface area contributed by atoms with Gasteiger partial charge in [-0.1, -0.05) is 30.4 Å². The predicted octanol–water partition coefficient (Wildman–Crippen LogP) is 4.73. The van der Waals surface area contributed by atoms with Crippen molar-refractivity contribution in [2.24, 2.45) is 0 Å². The molecule has 0 aliphatic heterocycles. The number of anilines is 1. The molecule has 1 atom stereocenters. The zero-order chi connectivity index (χ0) is 21.1. The van der Waals surface area contributed by atoms with Crippen LogP contribution in [-0.2, 0) is 11.3 Å². The molecule has 0 saturated heterocycles. The van der Waals surface area contributed by atoms with Gasteiger partial charge in [-0.3, -0.25) is 14.1 Å². The number of methoxy groups -OCH3 is 2. The average Bonchev–Trinajstić information content (AvgIpc) is 3.16. The lowest BCUT2D eigenvalue weighted by molar-refractivity contribution is -0.116. The van der Waals surface area contributed by atoms with Gasteiger partial charge in [0.25, 0.3) is 0 Å². The lowest BCUT2D eigenvalue weighted by atomic mass is 9.91. The molecule has 2 heterocycles. The van der Waals surface area contributed by atoms with Crippen molar-refractivity contribution in [2.75, 3.05) is 19.1 Å². The topological polar surface area (TPSA) is 56.1 Å². The van der Waals surface area contributed by atoms with E-state index in [1.807, 2.05) is 47.0 Å². The van der Waals surface area contributed by atoms with Crippen LogP contribution in [0, 0.1) is 0 Å². The van der Waals surface area contributed by atoms with E-state index in [1.54, 1.807) is 26.0 Å². The van der Waals surface area contributed by atoms with Crippen LogP contribution in [0.15, 0.2) is 54.7 Å². The number of hydrogen-bond acceptors (Lipinski definition) is 4. The number of pyridine rings is 1. The average molecular weight is 405 g/mol. The van der Waals surface area contributed by atoms with E-state index in [9.17, 15) is 4.79 Å². The molecule has 1 amide bonds. The molecule has 0 radical (unpaired) electrons. The summed E-state index contributed by atoms with van der Waals surface area (Å²) < 4.78 is 13.1. The summed E-state index contributed by atoms with van der Waals surface area (Å²) in [6, 6.07) is 11.7. The number of aromatic nitrogens is 2. The maximum atomic E-state index is 12.9. The molecule has 156 valence electrons. The van der Waals surface area contributed by atoms with Crippen molar-refractivity contribution in [3.8, 4) is 11.5 Å². The second-order valence-electron chi connectivity index (χ2n) is 7.49. The third-order valence-electron chi connectivity index (χ3n) is 5.64. The minimum atomic E-state index is -0.0434. The highest BCUT2D eigenvalue weighted by Gasteiger charge is 2.28. The summed E-state index contributed by atoms with van der Waals surface area (Å²) in [7, 11) is 3.23. The summed E-state index contributed by atoms with van der Waals surface area (Å²) >= 11 is 0. The molecule has 0 fully saturated rings. The molecule has 6 heteroatoms. The van der Waals surface area contributed by atoms with Gasteiger partial charge in [-0.15, -0.1) is 0 Å². The van der Waals surface area contributed by atoms with Crippen molar-refractivity contribution in [3.63, 3.8) is 0 Å². The molecule has 0 saturated carbocycles. The lowest BCUT2D eigenvalue weighted by Crippen LogP contribution is -2.30. The molecule has 0 spiro atoms. The first-order valence-corrected chi connectivity index (χ1v) is 10.2. The maximum absolute atomic E-state index is 12.9. The van der Waals surface area contributed by atoms with Crippen molar-refractivity contribution >= 4 is 17.4 Å². The van der Waals surface area contributed by atoms with E-state index >= 15 is 0 Å². The van der Waals surface area contributed by atoms with Crippen molar-refractivity contribution in [3.05, 3.63) is 66.0 Å². The monoisotopic (exact) mass is 405 g/mol. The van der Waals surface area contributed by atoms with E-state index in [1.165, 1.54) is 0 Å². The van der Waals surface area contributed by atoms with E-state index in [0.29, 0.717) is 24.0 Å². The highest BCUT2D eigenvalue weighted by molar-refractivity contribution is 5.92. The Labute approximate surface area is 176 Å². The fraction of sp³-hybridized carbons (Fsp3) is 0.333. The van der Waals surface area contributed by atoms with Crippen molar-refractivity contribution < 1.29 is 14.3 Å². The number of fused-ring (bicyclic) bond motifs is 1. The van der Waals surface area contributed by atoms with Gasteiger partial charge in [0.15, 0.2) is 11.5 Å². The van der Waals surface area contributed by atoms with Crippen LogP contribution in [-0.4, -0.2) is 29.5 Å². The second-order valence-corrected chi connectivity index (χ2v) is 7.49. The predicted molar refractivity (Wildman–Crippen MR) is 117 cm³/mol. The van der Waals surface area contributed by atoms with Crippen LogP contribution in [0.5, 0.6) is 11.5 Å². The number of nitrogens with zero attached hydrogens (tertiary/aromatic N) is 3. The number of rotatable bonds is 6. The molecule has 30 heavy (non-hydrogen) atoms. The molecular formula is C24H27N3O3. The number of imidazole rings is 1. The maximum Gasteiger partial charge on any atom is 0.225 e. The first-order chi connectivity index (χ1) is 14.6. The van der Waals surface area contributed by atoms with Gasteiger partial charge in [0.1, 0.15) is 11.5 Å². The smallest absolute Gasteiger partial charge is 0.225 e. The van der Waals surface area contributed by atoms with Crippen LogP contribution >= 0.6 is 0 Å². The van der Waals surface area contributed by atoms with Crippen LogP contribution < -0.4 is 14.4 Å². The fourth-order valence-electron chi connectivity index (χ4n) is 4.17. The highest BCUT2D eigenvalue weighted by Crippen LogP contribution is 2.38. The molecule has 6 nitrogen and oxygen atoms in total. The van der Waals surface area contributed by atoms with Gasteiger partial charge in [0, 0.05) is 24.6 Å². The van der Waals surface area contributed by atoms with Gasteiger partial charge in [-0.2, -0.15) is 0 Å². The van der Waals surface area contributed by atoms with E-state index in [2.05, 4.69) is 12.2 Å². The van der Waals surface area contributed by atoms with Crippen LogP contribution in [0.2, 0.25) is 0 Å². The van der Waals surface area contributed by atoms with E-state index in [4.69, 9.17) is 14.5 Å². The standard InChI is InChI=1S/C24H27N3O3/c1-17(28)27(16-19-12-9-13-20(29-2)23(19)30-3)24-22(18-10-5-4-6-11-18)25-21-14-7-8-15-26(21)24/h4-5,7-9,12-15,18H,6,10-11,16H2,1-3H3. The summed E-state index contributed by atoms with van der Waals surface area (Å²) in [6.45, 7) is 1.97. The van der Waals surface area contributed by atoms with Crippen LogP contribution in [0.1, 0.15) is 43.4 Å². The summed E-state index contributed by atoms with van der Waals surface area (Å²) in [4.78, 5) is 19.6. The third kappa shape index (κ3) is 3.65. The third-order valence-corrected chi connectivity index (χ3v) is 5.64. The van der Waals surface area contributed by atoms with E-state index < -0.39 is 0 Å². The molecular weight excluding hydrogens is 378 g/mol. The molecule has 0 N–H and O–H groups in total. The number of carbonyl (C=O) groups excluding carboxylic acids is 1. The SMILES string of the molecule is COc1cccc(CN(C(C)=O)c2c(C3CC=CCC3)nc3ccccn23)c1OC. The minimum Gasteiger partial charge on any atom is -0.493 e.